The molecule has 5 heteroatoms. The zero-order chi connectivity index (χ0) is 9.68. The van der Waals surface area contributed by atoms with Crippen molar-refractivity contribution >= 4 is 32.4 Å². The number of terminal acetylenes is 1. The van der Waals surface area contributed by atoms with Crippen molar-refractivity contribution in [3.8, 4) is 12.3 Å². The largest absolute Gasteiger partial charge is 0.356 e. The number of anilines is 1. The molecule has 1 unspecified atom stereocenters. The van der Waals surface area contributed by atoms with Gasteiger partial charge in [0, 0.05) is 12.5 Å². The van der Waals surface area contributed by atoms with E-state index in [1.807, 2.05) is 0 Å². The summed E-state index contributed by atoms with van der Waals surface area (Å²) in [7, 11) is 0. The first-order valence-corrected chi connectivity index (χ1v) is 5.56. The molecular weight excluding hydrogens is 250 g/mol. The third-order valence-electron chi connectivity index (χ3n) is 1.58. The lowest BCUT2D eigenvalue weighted by Gasteiger charge is -2.11. The van der Waals surface area contributed by atoms with Crippen LogP contribution in [-0.2, 0) is 0 Å². The van der Waals surface area contributed by atoms with E-state index in [1.54, 1.807) is 0 Å². The van der Waals surface area contributed by atoms with Crippen molar-refractivity contribution < 1.29 is 0 Å². The van der Waals surface area contributed by atoms with Crippen LogP contribution in [-0.4, -0.2) is 16.2 Å². The quantitative estimate of drug-likeness (QED) is 0.845. The van der Waals surface area contributed by atoms with E-state index in [-0.39, 0.29) is 0 Å². The van der Waals surface area contributed by atoms with Crippen molar-refractivity contribution in [1.29, 1.82) is 0 Å². The van der Waals surface area contributed by atoms with Gasteiger partial charge in [0.05, 0.1) is 0 Å². The Kier molecular flexibility index (Phi) is 4.19. The van der Waals surface area contributed by atoms with Gasteiger partial charge in [-0.25, -0.2) is 0 Å². The van der Waals surface area contributed by atoms with Crippen LogP contribution in [0.15, 0.2) is 3.92 Å². The van der Waals surface area contributed by atoms with Crippen molar-refractivity contribution in [3.05, 3.63) is 3.92 Å². The second kappa shape index (κ2) is 5.20. The van der Waals surface area contributed by atoms with Gasteiger partial charge in [0.2, 0.25) is 5.13 Å². The second-order valence-electron chi connectivity index (χ2n) is 2.52. The smallest absolute Gasteiger partial charge is 0.206 e. The Hall–Kier alpha value is -0.600. The van der Waals surface area contributed by atoms with Gasteiger partial charge >= 0.3 is 0 Å². The third kappa shape index (κ3) is 3.33. The van der Waals surface area contributed by atoms with Gasteiger partial charge < -0.3 is 5.32 Å². The minimum Gasteiger partial charge on any atom is -0.356 e. The highest BCUT2D eigenvalue weighted by Gasteiger charge is 2.07. The Morgan fingerprint density at radius 2 is 2.46 bits per heavy atom. The molecule has 1 heterocycles. The first kappa shape index (κ1) is 10.5. The molecule has 1 N–H and O–H groups in total. The summed E-state index contributed by atoms with van der Waals surface area (Å²) in [5.74, 6) is 2.63. The van der Waals surface area contributed by atoms with Gasteiger partial charge in [0.1, 0.15) is 0 Å². The summed E-state index contributed by atoms with van der Waals surface area (Å²) >= 11 is 4.72. The maximum Gasteiger partial charge on any atom is 0.206 e. The molecular formula is C8H10BrN3S. The summed E-state index contributed by atoms with van der Waals surface area (Å²) in [4.78, 5) is 0. The van der Waals surface area contributed by atoms with Crippen LogP contribution in [0, 0.1) is 12.3 Å². The number of halogens is 1. The van der Waals surface area contributed by atoms with Crippen LogP contribution in [0.3, 0.4) is 0 Å². The van der Waals surface area contributed by atoms with Crippen LogP contribution in [0.5, 0.6) is 0 Å². The number of rotatable bonds is 4. The van der Waals surface area contributed by atoms with Gasteiger partial charge in [-0.1, -0.05) is 18.3 Å². The second-order valence-corrected chi connectivity index (χ2v) is 4.77. The molecule has 1 rings (SSSR count). The standard InChI is InChI=1S/C8H10BrN3S/c1-3-5-6(4-2)10-8-12-11-7(9)13-8/h1,6H,4-5H2,2H3,(H,10,12). The summed E-state index contributed by atoms with van der Waals surface area (Å²) in [6.07, 6.45) is 6.94. The van der Waals surface area contributed by atoms with Crippen molar-refractivity contribution in [1.82, 2.24) is 10.2 Å². The lowest BCUT2D eigenvalue weighted by molar-refractivity contribution is 0.713. The molecule has 70 valence electrons. The molecule has 0 aromatic carbocycles. The molecule has 0 radical (unpaired) electrons. The molecule has 0 amide bonds. The minimum atomic E-state index is 0.296. The molecule has 13 heavy (non-hydrogen) atoms. The van der Waals surface area contributed by atoms with Crippen LogP contribution in [0.1, 0.15) is 19.8 Å². The predicted molar refractivity (Wildman–Crippen MR) is 58.8 cm³/mol. The fourth-order valence-electron chi connectivity index (χ4n) is 0.878. The summed E-state index contributed by atoms with van der Waals surface area (Å²) in [5.41, 5.74) is 0. The molecule has 3 nitrogen and oxygen atoms in total. The fourth-order valence-corrected chi connectivity index (χ4v) is 1.97. The van der Waals surface area contributed by atoms with Gasteiger partial charge in [-0.05, 0) is 22.4 Å². The van der Waals surface area contributed by atoms with Crippen molar-refractivity contribution in [2.45, 2.75) is 25.8 Å². The van der Waals surface area contributed by atoms with E-state index in [0.717, 1.165) is 15.5 Å². The van der Waals surface area contributed by atoms with Crippen LogP contribution < -0.4 is 5.32 Å². The molecule has 0 aliphatic heterocycles. The lowest BCUT2D eigenvalue weighted by Crippen LogP contribution is -2.17. The molecule has 0 aliphatic rings. The van der Waals surface area contributed by atoms with Gasteiger partial charge in [-0.15, -0.1) is 22.5 Å². The highest BCUT2D eigenvalue weighted by Crippen LogP contribution is 2.21. The zero-order valence-corrected chi connectivity index (χ0v) is 9.65. The van der Waals surface area contributed by atoms with E-state index in [0.29, 0.717) is 12.5 Å². The monoisotopic (exact) mass is 259 g/mol. The molecule has 0 saturated carbocycles. The Morgan fingerprint density at radius 3 is 2.92 bits per heavy atom. The Morgan fingerprint density at radius 1 is 1.69 bits per heavy atom. The average Bonchev–Trinajstić information content (AvgIpc) is 2.50. The number of aromatic nitrogens is 2. The normalized spacial score (nSPS) is 12.1. The predicted octanol–water partition coefficient (Wildman–Crippen LogP) is 2.51. The van der Waals surface area contributed by atoms with Gasteiger partial charge in [-0.2, -0.15) is 0 Å². The topological polar surface area (TPSA) is 37.8 Å². The zero-order valence-electron chi connectivity index (χ0n) is 7.25. The number of nitrogens with one attached hydrogen (secondary N) is 1. The summed E-state index contributed by atoms with van der Waals surface area (Å²) in [6.45, 7) is 2.09. The minimum absolute atomic E-state index is 0.296. The first-order chi connectivity index (χ1) is 6.26. The highest BCUT2D eigenvalue weighted by molar-refractivity contribution is 9.11. The highest BCUT2D eigenvalue weighted by atomic mass is 79.9. The Labute approximate surface area is 90.1 Å². The van der Waals surface area contributed by atoms with Crippen LogP contribution in [0.25, 0.3) is 0 Å². The number of hydrogen-bond acceptors (Lipinski definition) is 4. The van der Waals surface area contributed by atoms with E-state index in [2.05, 4.69) is 44.3 Å². The van der Waals surface area contributed by atoms with Gasteiger partial charge in [-0.3, -0.25) is 0 Å². The van der Waals surface area contributed by atoms with Crippen LogP contribution >= 0.6 is 27.3 Å². The molecule has 1 atom stereocenters. The maximum absolute atomic E-state index is 5.23. The van der Waals surface area contributed by atoms with Crippen LogP contribution in [0.2, 0.25) is 0 Å². The molecule has 0 fully saturated rings. The summed E-state index contributed by atoms with van der Waals surface area (Å²) in [5, 5.41) is 11.8. The molecule has 0 aliphatic carbocycles. The Balaban J connectivity index is 2.52. The molecule has 1 aromatic rings. The maximum atomic E-state index is 5.23. The number of nitrogens with zero attached hydrogens (tertiary/aromatic N) is 2. The fraction of sp³-hybridized carbons (Fsp3) is 0.500. The van der Waals surface area contributed by atoms with Gasteiger partial charge in [0.15, 0.2) is 3.92 Å². The van der Waals surface area contributed by atoms with Crippen molar-refractivity contribution in [3.63, 3.8) is 0 Å². The molecule has 0 bridgehead atoms. The summed E-state index contributed by atoms with van der Waals surface area (Å²) in [6, 6.07) is 0.296. The summed E-state index contributed by atoms with van der Waals surface area (Å²) < 4.78 is 0.783. The van der Waals surface area contributed by atoms with Gasteiger partial charge in [0.25, 0.3) is 0 Å². The van der Waals surface area contributed by atoms with E-state index in [9.17, 15) is 0 Å². The van der Waals surface area contributed by atoms with E-state index < -0.39 is 0 Å². The molecule has 0 saturated heterocycles. The third-order valence-corrected chi connectivity index (χ3v) is 2.87. The van der Waals surface area contributed by atoms with E-state index >= 15 is 0 Å². The SMILES string of the molecule is C#CCC(CC)Nc1nnc(Br)s1. The van der Waals surface area contributed by atoms with Crippen molar-refractivity contribution in [2.24, 2.45) is 0 Å². The molecule has 1 aromatic heterocycles. The van der Waals surface area contributed by atoms with E-state index in [4.69, 9.17) is 6.42 Å². The van der Waals surface area contributed by atoms with Crippen molar-refractivity contribution in [2.75, 3.05) is 5.32 Å². The van der Waals surface area contributed by atoms with Crippen LogP contribution in [0.4, 0.5) is 5.13 Å². The van der Waals surface area contributed by atoms with E-state index in [1.165, 1.54) is 11.3 Å². The Bertz CT molecular complexity index is 305. The molecule has 0 spiro atoms. The lowest BCUT2D eigenvalue weighted by atomic mass is 10.2. The average molecular weight is 260 g/mol. The first-order valence-electron chi connectivity index (χ1n) is 3.95. The number of hydrogen-bond donors (Lipinski definition) is 1.